The van der Waals surface area contributed by atoms with E-state index in [-0.39, 0.29) is 37.2 Å². The van der Waals surface area contributed by atoms with Crippen LogP contribution in [0.25, 0.3) is 0 Å². The van der Waals surface area contributed by atoms with Gasteiger partial charge in [0, 0.05) is 31.6 Å². The summed E-state index contributed by atoms with van der Waals surface area (Å²) >= 11 is 0. The van der Waals surface area contributed by atoms with Gasteiger partial charge in [0.25, 0.3) is 10.1 Å². The first-order valence-corrected chi connectivity index (χ1v) is 11.4. The molecule has 1 aromatic carbocycles. The molecule has 1 saturated heterocycles. The molecule has 3 rings (SSSR count). The monoisotopic (exact) mass is 408 g/mol. The number of amides is 1. The van der Waals surface area contributed by atoms with Crippen LogP contribution < -0.4 is 5.32 Å². The summed E-state index contributed by atoms with van der Waals surface area (Å²) in [4.78, 5) is 14.3. The predicted molar refractivity (Wildman–Crippen MR) is 106 cm³/mol. The largest absolute Gasteiger partial charge is 0.445 e. The first-order chi connectivity index (χ1) is 13.4. The van der Waals surface area contributed by atoms with Gasteiger partial charge in [-0.2, -0.15) is 8.42 Å². The van der Waals surface area contributed by atoms with Crippen molar-refractivity contribution in [3.8, 4) is 0 Å². The van der Waals surface area contributed by atoms with Gasteiger partial charge in [-0.05, 0) is 24.3 Å². The number of nitrogens with zero attached hydrogens (tertiary/aromatic N) is 1. The summed E-state index contributed by atoms with van der Waals surface area (Å²) in [7, 11) is -3.51. The maximum Gasteiger partial charge on any atom is 0.410 e. The quantitative estimate of drug-likeness (QED) is 0.574. The van der Waals surface area contributed by atoms with Gasteiger partial charge < -0.3 is 15.0 Å². The molecule has 2 heterocycles. The molecule has 0 bridgehead atoms. The summed E-state index contributed by atoms with van der Waals surface area (Å²) < 4.78 is 33.3. The van der Waals surface area contributed by atoms with E-state index in [0.29, 0.717) is 13.1 Å². The number of likely N-dealkylation sites (tertiary alicyclic amines) is 1. The molecular weight excluding hydrogens is 380 g/mol. The van der Waals surface area contributed by atoms with Crippen molar-refractivity contribution in [2.45, 2.75) is 25.5 Å². The Morgan fingerprint density at radius 2 is 2.00 bits per heavy atom. The molecule has 0 saturated carbocycles. The molecule has 0 spiro atoms. The minimum absolute atomic E-state index is 0.0505. The van der Waals surface area contributed by atoms with Crippen LogP contribution >= 0.6 is 0 Å². The number of nitrogens with one attached hydrogen (secondary N) is 1. The van der Waals surface area contributed by atoms with Crippen LogP contribution in [-0.2, 0) is 25.6 Å². The Bertz CT molecular complexity index is 781. The summed E-state index contributed by atoms with van der Waals surface area (Å²) in [6.07, 6.45) is 6.63. The average Bonchev–Trinajstić information content (AvgIpc) is 2.71. The van der Waals surface area contributed by atoms with Gasteiger partial charge >= 0.3 is 6.09 Å². The number of hydrogen-bond donors (Lipinski definition) is 1. The predicted octanol–water partition coefficient (Wildman–Crippen LogP) is 2.16. The number of piperidine rings is 1. The zero-order valence-electron chi connectivity index (χ0n) is 16.1. The third-order valence-corrected chi connectivity index (χ3v) is 5.74. The van der Waals surface area contributed by atoms with E-state index < -0.39 is 10.1 Å². The molecule has 8 heteroatoms. The molecule has 154 valence electrons. The number of benzene rings is 1. The van der Waals surface area contributed by atoms with Crippen LogP contribution in [0.15, 0.2) is 42.5 Å². The van der Waals surface area contributed by atoms with E-state index in [0.717, 1.165) is 31.2 Å². The lowest BCUT2D eigenvalue weighted by atomic mass is 9.83. The van der Waals surface area contributed by atoms with Gasteiger partial charge in [0.2, 0.25) is 0 Å². The van der Waals surface area contributed by atoms with E-state index in [2.05, 4.69) is 17.5 Å². The van der Waals surface area contributed by atoms with Crippen molar-refractivity contribution >= 4 is 16.2 Å². The fourth-order valence-corrected chi connectivity index (χ4v) is 4.27. The molecule has 1 fully saturated rings. The fraction of sp³-hybridized carbons (Fsp3) is 0.550. The molecule has 3 atom stereocenters. The number of rotatable bonds is 6. The lowest BCUT2D eigenvalue weighted by Gasteiger charge is -2.41. The number of ether oxygens (including phenoxy) is 1. The number of carbonyl (C=O) groups excluding carboxylic acids is 1. The Balaban J connectivity index is 1.63. The molecule has 2 aliphatic rings. The van der Waals surface area contributed by atoms with Crippen LogP contribution in [0.2, 0.25) is 0 Å². The smallest absolute Gasteiger partial charge is 0.410 e. The van der Waals surface area contributed by atoms with Crippen LogP contribution in [0.1, 0.15) is 18.4 Å². The SMILES string of the molecule is CS(=O)(=O)OC[C@H]1C[C@@H]([C@@H]2CC=CCN2)CN(C(=O)OCc2ccccc2)C1. The van der Waals surface area contributed by atoms with Crippen molar-refractivity contribution in [2.24, 2.45) is 11.8 Å². The van der Waals surface area contributed by atoms with E-state index in [1.165, 1.54) is 0 Å². The second-order valence-electron chi connectivity index (χ2n) is 7.52. The van der Waals surface area contributed by atoms with Crippen molar-refractivity contribution in [1.82, 2.24) is 10.2 Å². The zero-order valence-corrected chi connectivity index (χ0v) is 16.9. The van der Waals surface area contributed by atoms with E-state index in [4.69, 9.17) is 8.92 Å². The third-order valence-electron chi connectivity index (χ3n) is 5.17. The zero-order chi connectivity index (χ0) is 20.0. The fourth-order valence-electron chi connectivity index (χ4n) is 3.83. The second-order valence-corrected chi connectivity index (χ2v) is 9.16. The molecule has 28 heavy (non-hydrogen) atoms. The molecule has 2 aliphatic heterocycles. The Morgan fingerprint density at radius 1 is 1.21 bits per heavy atom. The second kappa shape index (κ2) is 9.54. The van der Waals surface area contributed by atoms with E-state index in [1.54, 1.807) is 4.90 Å². The summed E-state index contributed by atoms with van der Waals surface area (Å²) in [6.45, 7) is 2.14. The van der Waals surface area contributed by atoms with Crippen molar-refractivity contribution < 1.29 is 22.1 Å². The summed E-state index contributed by atoms with van der Waals surface area (Å²) in [5, 5.41) is 3.47. The highest BCUT2D eigenvalue weighted by atomic mass is 32.2. The lowest BCUT2D eigenvalue weighted by molar-refractivity contribution is 0.0474. The molecule has 1 amide bonds. The maximum atomic E-state index is 12.7. The minimum Gasteiger partial charge on any atom is -0.445 e. The van der Waals surface area contributed by atoms with Gasteiger partial charge in [-0.25, -0.2) is 4.79 Å². The number of hydrogen-bond acceptors (Lipinski definition) is 6. The van der Waals surface area contributed by atoms with Gasteiger partial charge in [-0.15, -0.1) is 0 Å². The highest BCUT2D eigenvalue weighted by Crippen LogP contribution is 2.28. The Kier molecular flexibility index (Phi) is 7.09. The van der Waals surface area contributed by atoms with Gasteiger partial charge in [0.1, 0.15) is 6.61 Å². The standard InChI is InChI=1S/C20H28N2O5S/c1-28(24,25)27-15-17-11-18(19-9-5-6-10-21-19)13-22(12-17)20(23)26-14-16-7-3-2-4-8-16/h2-8,17-19,21H,9-15H2,1H3/t17-,18+,19-/m0/s1. The highest BCUT2D eigenvalue weighted by Gasteiger charge is 2.35. The minimum atomic E-state index is -3.51. The van der Waals surface area contributed by atoms with Crippen LogP contribution in [0.4, 0.5) is 4.79 Å². The van der Waals surface area contributed by atoms with Crippen LogP contribution in [0, 0.1) is 11.8 Å². The first-order valence-electron chi connectivity index (χ1n) is 9.59. The van der Waals surface area contributed by atoms with Crippen LogP contribution in [0.3, 0.4) is 0 Å². The Labute approximate surface area is 166 Å². The topological polar surface area (TPSA) is 84.9 Å². The van der Waals surface area contributed by atoms with E-state index in [9.17, 15) is 13.2 Å². The van der Waals surface area contributed by atoms with E-state index >= 15 is 0 Å². The normalized spacial score (nSPS) is 25.5. The van der Waals surface area contributed by atoms with Crippen LogP contribution in [-0.4, -0.2) is 57.9 Å². The molecule has 0 aromatic heterocycles. The summed E-state index contributed by atoms with van der Waals surface area (Å²) in [6, 6.07) is 9.80. The third kappa shape index (κ3) is 6.32. The Morgan fingerprint density at radius 3 is 2.68 bits per heavy atom. The van der Waals surface area contributed by atoms with Crippen molar-refractivity contribution in [2.75, 3.05) is 32.5 Å². The maximum absolute atomic E-state index is 12.7. The highest BCUT2D eigenvalue weighted by molar-refractivity contribution is 7.85. The molecule has 1 aromatic rings. The molecular formula is C20H28N2O5S. The van der Waals surface area contributed by atoms with Gasteiger partial charge in [-0.1, -0.05) is 42.5 Å². The average molecular weight is 409 g/mol. The summed E-state index contributed by atoms with van der Waals surface area (Å²) in [5.41, 5.74) is 0.931. The van der Waals surface area contributed by atoms with Gasteiger partial charge in [0.15, 0.2) is 0 Å². The number of carbonyl (C=O) groups is 1. The molecule has 0 aliphatic carbocycles. The molecule has 0 radical (unpaired) electrons. The van der Waals surface area contributed by atoms with Crippen LogP contribution in [0.5, 0.6) is 0 Å². The van der Waals surface area contributed by atoms with Crippen molar-refractivity contribution in [1.29, 1.82) is 0 Å². The van der Waals surface area contributed by atoms with Crippen molar-refractivity contribution in [3.05, 3.63) is 48.0 Å². The molecule has 7 nitrogen and oxygen atoms in total. The molecule has 1 N–H and O–H groups in total. The first kappa shape index (κ1) is 20.8. The van der Waals surface area contributed by atoms with Crippen molar-refractivity contribution in [3.63, 3.8) is 0 Å². The van der Waals surface area contributed by atoms with E-state index in [1.807, 2.05) is 30.3 Å². The molecule has 0 unspecified atom stereocenters. The summed E-state index contributed by atoms with van der Waals surface area (Å²) in [5.74, 6) is 0.168. The Hall–Kier alpha value is -1.90. The van der Waals surface area contributed by atoms with Gasteiger partial charge in [0.05, 0.1) is 12.9 Å². The van der Waals surface area contributed by atoms with Gasteiger partial charge in [-0.3, -0.25) is 4.18 Å². The lowest BCUT2D eigenvalue weighted by Crippen LogP contribution is -2.51.